The first kappa shape index (κ1) is 15.1. The Morgan fingerprint density at radius 1 is 1.47 bits per heavy atom. The summed E-state index contributed by atoms with van der Waals surface area (Å²) in [6.45, 7) is 3.37. The third-order valence-corrected chi connectivity index (χ3v) is 2.27. The second-order valence-corrected chi connectivity index (χ2v) is 3.83. The molecule has 0 fully saturated rings. The van der Waals surface area contributed by atoms with Crippen molar-refractivity contribution < 1.29 is 18.0 Å². The Morgan fingerprint density at radius 2 is 2.16 bits per heavy atom. The molecule has 0 radical (unpaired) electrons. The molecule has 1 amide bonds. The van der Waals surface area contributed by atoms with Gasteiger partial charge in [-0.25, -0.2) is 9.97 Å². The van der Waals surface area contributed by atoms with Gasteiger partial charge in [-0.15, -0.1) is 0 Å². The standard InChI is InChI=1S/C12H14F3N3O/c1-3-4-8(2)11(19)17-7-10-16-6-5-9(18-10)12(13,14)15/h4-6H,3,7H2,1-2H3,(H,17,19). The van der Waals surface area contributed by atoms with Crippen LogP contribution in [-0.4, -0.2) is 15.9 Å². The van der Waals surface area contributed by atoms with Gasteiger partial charge in [-0.3, -0.25) is 4.79 Å². The van der Waals surface area contributed by atoms with Gasteiger partial charge in [0.2, 0.25) is 5.91 Å². The molecule has 104 valence electrons. The van der Waals surface area contributed by atoms with Gasteiger partial charge in [0.25, 0.3) is 0 Å². The molecule has 0 aliphatic heterocycles. The van der Waals surface area contributed by atoms with Gasteiger partial charge >= 0.3 is 6.18 Å². The van der Waals surface area contributed by atoms with E-state index in [9.17, 15) is 18.0 Å². The van der Waals surface area contributed by atoms with Crippen molar-refractivity contribution in [2.24, 2.45) is 0 Å². The fourth-order valence-corrected chi connectivity index (χ4v) is 1.34. The molecular formula is C12H14F3N3O. The van der Waals surface area contributed by atoms with E-state index in [4.69, 9.17) is 0 Å². The van der Waals surface area contributed by atoms with Crippen molar-refractivity contribution in [2.45, 2.75) is 33.0 Å². The SMILES string of the molecule is CCC=C(C)C(=O)NCc1nccc(C(F)(F)F)n1. The van der Waals surface area contributed by atoms with Gasteiger partial charge < -0.3 is 5.32 Å². The second kappa shape index (κ2) is 6.31. The van der Waals surface area contributed by atoms with E-state index in [1.165, 1.54) is 0 Å². The predicted octanol–water partition coefficient (Wildman–Crippen LogP) is 2.47. The molecule has 1 N–H and O–H groups in total. The van der Waals surface area contributed by atoms with Crippen molar-refractivity contribution >= 4 is 5.91 Å². The third-order valence-electron chi connectivity index (χ3n) is 2.27. The number of hydrogen-bond acceptors (Lipinski definition) is 3. The van der Waals surface area contributed by atoms with Crippen LogP contribution in [0.3, 0.4) is 0 Å². The van der Waals surface area contributed by atoms with E-state index in [1.54, 1.807) is 13.0 Å². The van der Waals surface area contributed by atoms with Crippen LogP contribution in [0.25, 0.3) is 0 Å². The first-order valence-electron chi connectivity index (χ1n) is 5.68. The lowest BCUT2D eigenvalue weighted by Gasteiger charge is -2.08. The summed E-state index contributed by atoms with van der Waals surface area (Å²) in [6, 6.07) is 0.785. The van der Waals surface area contributed by atoms with E-state index in [-0.39, 0.29) is 18.3 Å². The van der Waals surface area contributed by atoms with Gasteiger partial charge in [-0.2, -0.15) is 13.2 Å². The third kappa shape index (κ3) is 4.69. The number of nitrogens with zero attached hydrogens (tertiary/aromatic N) is 2. The summed E-state index contributed by atoms with van der Waals surface area (Å²) in [7, 11) is 0. The van der Waals surface area contributed by atoms with Crippen molar-refractivity contribution in [3.8, 4) is 0 Å². The summed E-state index contributed by atoms with van der Waals surface area (Å²) < 4.78 is 37.2. The first-order chi connectivity index (χ1) is 8.84. The van der Waals surface area contributed by atoms with Gasteiger partial charge in [0.05, 0.1) is 6.54 Å². The van der Waals surface area contributed by atoms with Gasteiger partial charge in [-0.05, 0) is 19.4 Å². The van der Waals surface area contributed by atoms with Crippen LogP contribution in [0.5, 0.6) is 0 Å². The number of alkyl halides is 3. The molecule has 1 aromatic rings. The Kier molecular flexibility index (Phi) is 5.02. The molecule has 0 saturated heterocycles. The van der Waals surface area contributed by atoms with Crippen LogP contribution in [0.4, 0.5) is 13.2 Å². The Balaban J connectivity index is 2.69. The van der Waals surface area contributed by atoms with E-state index >= 15 is 0 Å². The summed E-state index contributed by atoms with van der Waals surface area (Å²) >= 11 is 0. The van der Waals surface area contributed by atoms with Gasteiger partial charge in [0.15, 0.2) is 0 Å². The van der Waals surface area contributed by atoms with Gasteiger partial charge in [0, 0.05) is 11.8 Å². The molecule has 0 atom stereocenters. The molecule has 7 heteroatoms. The number of carbonyl (C=O) groups is 1. The zero-order valence-corrected chi connectivity index (χ0v) is 10.6. The number of nitrogens with one attached hydrogen (secondary N) is 1. The van der Waals surface area contributed by atoms with E-state index in [2.05, 4.69) is 15.3 Å². The first-order valence-corrected chi connectivity index (χ1v) is 5.68. The highest BCUT2D eigenvalue weighted by molar-refractivity contribution is 5.92. The minimum absolute atomic E-state index is 0.0764. The maximum atomic E-state index is 12.4. The van der Waals surface area contributed by atoms with Crippen LogP contribution in [0.1, 0.15) is 31.8 Å². The quantitative estimate of drug-likeness (QED) is 0.857. The lowest BCUT2D eigenvalue weighted by atomic mass is 10.2. The highest BCUT2D eigenvalue weighted by Gasteiger charge is 2.32. The lowest BCUT2D eigenvalue weighted by Crippen LogP contribution is -2.25. The molecule has 0 bridgehead atoms. The molecule has 0 spiro atoms. The highest BCUT2D eigenvalue weighted by atomic mass is 19.4. The summed E-state index contributed by atoms with van der Waals surface area (Å²) in [5.41, 5.74) is -0.512. The largest absolute Gasteiger partial charge is 0.433 e. The van der Waals surface area contributed by atoms with Crippen molar-refractivity contribution in [1.82, 2.24) is 15.3 Å². The average molecular weight is 273 g/mol. The van der Waals surface area contributed by atoms with E-state index < -0.39 is 11.9 Å². The number of halogens is 3. The minimum Gasteiger partial charge on any atom is -0.345 e. The van der Waals surface area contributed by atoms with E-state index in [1.807, 2.05) is 6.92 Å². The summed E-state index contributed by atoms with van der Waals surface area (Å²) in [6.07, 6.45) is -1.06. The zero-order chi connectivity index (χ0) is 14.5. The normalized spacial score (nSPS) is 12.4. The number of allylic oxidation sites excluding steroid dienone is 1. The topological polar surface area (TPSA) is 54.9 Å². The van der Waals surface area contributed by atoms with Crippen LogP contribution in [0.2, 0.25) is 0 Å². The Morgan fingerprint density at radius 3 is 2.74 bits per heavy atom. The molecule has 0 aliphatic carbocycles. The molecule has 1 rings (SSSR count). The molecule has 0 unspecified atom stereocenters. The molecular weight excluding hydrogens is 259 g/mol. The Hall–Kier alpha value is -1.92. The van der Waals surface area contributed by atoms with Gasteiger partial charge in [0.1, 0.15) is 11.5 Å². The summed E-state index contributed by atoms with van der Waals surface area (Å²) in [4.78, 5) is 18.6. The van der Waals surface area contributed by atoms with Crippen LogP contribution in [-0.2, 0) is 17.5 Å². The number of amides is 1. The van der Waals surface area contributed by atoms with Gasteiger partial charge in [-0.1, -0.05) is 13.0 Å². The molecule has 0 aliphatic rings. The van der Waals surface area contributed by atoms with Crippen LogP contribution in [0, 0.1) is 0 Å². The molecule has 0 saturated carbocycles. The monoisotopic (exact) mass is 273 g/mol. The molecule has 1 heterocycles. The number of carbonyl (C=O) groups excluding carboxylic acids is 1. The Bertz CT molecular complexity index is 483. The summed E-state index contributed by atoms with van der Waals surface area (Å²) in [5.74, 6) is -0.421. The molecule has 1 aromatic heterocycles. The highest BCUT2D eigenvalue weighted by Crippen LogP contribution is 2.26. The fraction of sp³-hybridized carbons (Fsp3) is 0.417. The number of aromatic nitrogens is 2. The fourth-order valence-electron chi connectivity index (χ4n) is 1.34. The van der Waals surface area contributed by atoms with Crippen molar-refractivity contribution in [3.63, 3.8) is 0 Å². The minimum atomic E-state index is -4.51. The summed E-state index contributed by atoms with van der Waals surface area (Å²) in [5, 5.41) is 2.46. The van der Waals surface area contributed by atoms with Crippen molar-refractivity contribution in [1.29, 1.82) is 0 Å². The van der Waals surface area contributed by atoms with Crippen LogP contribution >= 0.6 is 0 Å². The molecule has 4 nitrogen and oxygen atoms in total. The average Bonchev–Trinajstić information content (AvgIpc) is 2.35. The molecule has 19 heavy (non-hydrogen) atoms. The zero-order valence-electron chi connectivity index (χ0n) is 10.6. The van der Waals surface area contributed by atoms with Crippen LogP contribution < -0.4 is 5.32 Å². The number of rotatable bonds is 4. The number of hydrogen-bond donors (Lipinski definition) is 1. The van der Waals surface area contributed by atoms with E-state index in [0.717, 1.165) is 12.3 Å². The van der Waals surface area contributed by atoms with Crippen molar-refractivity contribution in [3.05, 3.63) is 35.4 Å². The predicted molar refractivity (Wildman–Crippen MR) is 62.9 cm³/mol. The van der Waals surface area contributed by atoms with Crippen LogP contribution in [0.15, 0.2) is 23.9 Å². The lowest BCUT2D eigenvalue weighted by molar-refractivity contribution is -0.141. The molecule has 0 aromatic carbocycles. The van der Waals surface area contributed by atoms with Crippen molar-refractivity contribution in [2.75, 3.05) is 0 Å². The second-order valence-electron chi connectivity index (χ2n) is 3.83. The maximum absolute atomic E-state index is 12.4. The maximum Gasteiger partial charge on any atom is 0.433 e. The smallest absolute Gasteiger partial charge is 0.345 e. The van der Waals surface area contributed by atoms with E-state index in [0.29, 0.717) is 12.0 Å². The Labute approximate surface area is 108 Å².